The highest BCUT2D eigenvalue weighted by molar-refractivity contribution is 7.09. The lowest BCUT2D eigenvalue weighted by atomic mass is 10.2. The number of ether oxygens (including phenoxy) is 3. The van der Waals surface area contributed by atoms with E-state index in [4.69, 9.17) is 14.2 Å². The first kappa shape index (κ1) is 24.8. The van der Waals surface area contributed by atoms with Crippen LogP contribution in [0.3, 0.4) is 0 Å². The molecular weight excluding hydrogens is 454 g/mol. The van der Waals surface area contributed by atoms with Crippen molar-refractivity contribution in [2.24, 2.45) is 0 Å². The molecule has 178 valence electrons. The smallest absolute Gasteiger partial charge is 0.269 e. The summed E-state index contributed by atoms with van der Waals surface area (Å²) in [5.41, 5.74) is 6.64. The average Bonchev–Trinajstić information content (AvgIpc) is 3.25. The van der Waals surface area contributed by atoms with Gasteiger partial charge >= 0.3 is 0 Å². The first-order valence-corrected chi connectivity index (χ1v) is 11.5. The summed E-state index contributed by atoms with van der Waals surface area (Å²) in [6.07, 6.45) is 2.89. The Kier molecular flexibility index (Phi) is 8.64. The fourth-order valence-corrected chi connectivity index (χ4v) is 3.53. The van der Waals surface area contributed by atoms with Gasteiger partial charge in [0.05, 0.1) is 23.9 Å². The summed E-state index contributed by atoms with van der Waals surface area (Å²) in [6.45, 7) is 6.07. The molecule has 1 heterocycles. The van der Waals surface area contributed by atoms with E-state index in [1.165, 1.54) is 13.2 Å². The molecule has 0 aliphatic heterocycles. The Hall–Kier alpha value is -3.85. The largest absolute Gasteiger partial charge is 0.493 e. The molecule has 2 N–H and O–H groups in total. The van der Waals surface area contributed by atoms with Crippen molar-refractivity contribution in [3.8, 4) is 17.2 Å². The lowest BCUT2D eigenvalue weighted by Gasteiger charge is -2.14. The number of hydrogen-bond donors (Lipinski definition) is 2. The van der Waals surface area contributed by atoms with Crippen molar-refractivity contribution in [1.82, 2.24) is 15.8 Å². The number of thiazole rings is 1. The van der Waals surface area contributed by atoms with Crippen LogP contribution in [0.4, 0.5) is 0 Å². The van der Waals surface area contributed by atoms with Gasteiger partial charge in [0.25, 0.3) is 11.8 Å². The second-order valence-electron chi connectivity index (χ2n) is 7.49. The zero-order chi connectivity index (χ0) is 24.5. The number of amides is 2. The Balaban J connectivity index is 1.57. The number of nitrogens with one attached hydrogen (secondary N) is 2. The van der Waals surface area contributed by atoms with E-state index < -0.39 is 11.8 Å². The van der Waals surface area contributed by atoms with Crippen LogP contribution in [0.25, 0.3) is 6.08 Å². The zero-order valence-electron chi connectivity index (χ0n) is 19.5. The number of hydrazine groups is 1. The molecule has 0 radical (unpaired) electrons. The van der Waals surface area contributed by atoms with Gasteiger partial charge in [0, 0.05) is 22.6 Å². The van der Waals surface area contributed by atoms with Gasteiger partial charge in [-0.2, -0.15) is 0 Å². The van der Waals surface area contributed by atoms with Crippen molar-refractivity contribution >= 4 is 29.2 Å². The Morgan fingerprint density at radius 3 is 2.59 bits per heavy atom. The third-order valence-corrected chi connectivity index (χ3v) is 5.29. The van der Waals surface area contributed by atoms with Gasteiger partial charge < -0.3 is 14.2 Å². The Morgan fingerprint density at radius 1 is 1.09 bits per heavy atom. The van der Waals surface area contributed by atoms with Crippen molar-refractivity contribution in [2.45, 2.75) is 33.5 Å². The second-order valence-corrected chi connectivity index (χ2v) is 8.56. The first-order valence-electron chi connectivity index (χ1n) is 10.6. The molecule has 34 heavy (non-hydrogen) atoms. The zero-order valence-corrected chi connectivity index (χ0v) is 20.3. The van der Waals surface area contributed by atoms with E-state index in [1.54, 1.807) is 35.6 Å². The highest BCUT2D eigenvalue weighted by atomic mass is 32.1. The van der Waals surface area contributed by atoms with Crippen molar-refractivity contribution in [3.05, 3.63) is 75.7 Å². The van der Waals surface area contributed by atoms with E-state index in [9.17, 15) is 9.59 Å². The highest BCUT2D eigenvalue weighted by Crippen LogP contribution is 2.29. The van der Waals surface area contributed by atoms with Crippen LogP contribution in [0.15, 0.2) is 53.9 Å². The molecule has 0 atom stereocenters. The molecule has 2 aromatic carbocycles. The number of carbonyl (C=O) groups is 2. The van der Waals surface area contributed by atoms with E-state index >= 15 is 0 Å². The van der Waals surface area contributed by atoms with Crippen LogP contribution in [-0.4, -0.2) is 30.0 Å². The van der Waals surface area contributed by atoms with Gasteiger partial charge in [0.15, 0.2) is 11.5 Å². The predicted octanol–water partition coefficient (Wildman–Crippen LogP) is 4.30. The Labute approximate surface area is 202 Å². The average molecular weight is 482 g/mol. The topological polar surface area (TPSA) is 98.8 Å². The molecule has 0 aliphatic rings. The van der Waals surface area contributed by atoms with E-state index in [2.05, 4.69) is 15.8 Å². The lowest BCUT2D eigenvalue weighted by molar-refractivity contribution is -0.117. The number of benzene rings is 2. The summed E-state index contributed by atoms with van der Waals surface area (Å²) in [4.78, 5) is 29.0. The van der Waals surface area contributed by atoms with E-state index in [1.807, 2.05) is 50.4 Å². The van der Waals surface area contributed by atoms with Crippen LogP contribution in [0.5, 0.6) is 17.2 Å². The third-order valence-electron chi connectivity index (χ3n) is 4.46. The number of nitrogens with zero attached hydrogens (tertiary/aromatic N) is 1. The van der Waals surface area contributed by atoms with Crippen molar-refractivity contribution < 1.29 is 23.8 Å². The number of methoxy groups -OCH3 is 1. The number of aryl methyl sites for hydroxylation is 1. The van der Waals surface area contributed by atoms with Gasteiger partial charge in [-0.3, -0.25) is 20.4 Å². The summed E-state index contributed by atoms with van der Waals surface area (Å²) < 4.78 is 16.8. The van der Waals surface area contributed by atoms with Crippen molar-refractivity contribution in [1.29, 1.82) is 0 Å². The molecule has 3 rings (SSSR count). The molecule has 0 aliphatic carbocycles. The molecular formula is C25H27N3O5S. The fourth-order valence-electron chi connectivity index (χ4n) is 2.93. The molecule has 0 fully saturated rings. The maximum absolute atomic E-state index is 12.4. The highest BCUT2D eigenvalue weighted by Gasteiger charge is 2.12. The van der Waals surface area contributed by atoms with Gasteiger partial charge in [0.1, 0.15) is 12.4 Å². The summed E-state index contributed by atoms with van der Waals surface area (Å²) in [7, 11) is 1.50. The van der Waals surface area contributed by atoms with Crippen LogP contribution >= 0.6 is 11.3 Å². The SMILES string of the molecule is COc1cc(C(=O)NNC(=O)/C=C/c2ccccc2OCc2csc(C)n2)ccc1OC(C)C. The number of hydrogen-bond acceptors (Lipinski definition) is 7. The second kappa shape index (κ2) is 11.9. The van der Waals surface area contributed by atoms with E-state index in [0.29, 0.717) is 29.4 Å². The summed E-state index contributed by atoms with van der Waals surface area (Å²) in [5.74, 6) is 0.601. The van der Waals surface area contributed by atoms with E-state index in [0.717, 1.165) is 16.3 Å². The standard InChI is InChI=1S/C25H27N3O5S/c1-16(2)33-22-11-9-19(13-23(22)31-4)25(30)28-27-24(29)12-10-18-7-5-6-8-21(18)32-14-20-15-34-17(3)26-20/h5-13,15-16H,14H2,1-4H3,(H,27,29)(H,28,30)/b12-10+. The van der Waals surface area contributed by atoms with Crippen molar-refractivity contribution in [2.75, 3.05) is 7.11 Å². The molecule has 1 aromatic heterocycles. The van der Waals surface area contributed by atoms with E-state index in [-0.39, 0.29) is 6.10 Å². The first-order chi connectivity index (χ1) is 16.4. The van der Waals surface area contributed by atoms with Crippen LogP contribution in [-0.2, 0) is 11.4 Å². The number of carbonyl (C=O) groups excluding carboxylic acids is 2. The van der Waals surface area contributed by atoms with Crippen LogP contribution in [0.1, 0.15) is 40.5 Å². The molecule has 0 spiro atoms. The van der Waals surface area contributed by atoms with Gasteiger partial charge in [-0.1, -0.05) is 18.2 Å². The summed E-state index contributed by atoms with van der Waals surface area (Å²) >= 11 is 1.56. The predicted molar refractivity (Wildman–Crippen MR) is 131 cm³/mol. The lowest BCUT2D eigenvalue weighted by Crippen LogP contribution is -2.40. The minimum atomic E-state index is -0.495. The molecule has 3 aromatic rings. The Bertz CT molecular complexity index is 1170. The maximum Gasteiger partial charge on any atom is 0.269 e. The normalized spacial score (nSPS) is 10.9. The molecule has 8 nitrogen and oxygen atoms in total. The van der Waals surface area contributed by atoms with Crippen LogP contribution in [0.2, 0.25) is 0 Å². The van der Waals surface area contributed by atoms with Crippen LogP contribution in [0, 0.1) is 6.92 Å². The fraction of sp³-hybridized carbons (Fsp3) is 0.240. The summed E-state index contributed by atoms with van der Waals surface area (Å²) in [5, 5.41) is 2.92. The maximum atomic E-state index is 12.4. The number of aromatic nitrogens is 1. The third kappa shape index (κ3) is 7.08. The molecule has 2 amide bonds. The number of rotatable bonds is 9. The van der Waals surface area contributed by atoms with Crippen molar-refractivity contribution in [3.63, 3.8) is 0 Å². The van der Waals surface area contributed by atoms with Gasteiger partial charge in [-0.25, -0.2) is 4.98 Å². The van der Waals surface area contributed by atoms with Gasteiger partial charge in [-0.05, 0) is 51.1 Å². The molecule has 0 saturated carbocycles. The number of para-hydroxylation sites is 1. The molecule has 9 heteroatoms. The van der Waals surface area contributed by atoms with Gasteiger partial charge in [-0.15, -0.1) is 11.3 Å². The monoisotopic (exact) mass is 481 g/mol. The minimum absolute atomic E-state index is 0.0355. The minimum Gasteiger partial charge on any atom is -0.493 e. The van der Waals surface area contributed by atoms with Gasteiger partial charge in [0.2, 0.25) is 0 Å². The quantitative estimate of drug-likeness (QED) is 0.349. The Morgan fingerprint density at radius 2 is 1.88 bits per heavy atom. The molecule has 0 unspecified atom stereocenters. The summed E-state index contributed by atoms with van der Waals surface area (Å²) in [6, 6.07) is 12.1. The van der Waals surface area contributed by atoms with Crippen LogP contribution < -0.4 is 25.1 Å². The molecule has 0 saturated heterocycles. The molecule has 0 bridgehead atoms.